The number of carbonyl (C=O) groups is 2. The normalized spacial score (nSPS) is 18.2. The standard InChI is InChI=1S/C27H29N3O3/c1-20(2)29-26(32)27(18-22-12-6-7-13-23(22)21-10-4-3-5-11-21)19-30(16-17-33-27)25(31)24-14-8-9-15-28-24/h3-15,20H,16-19H2,1-2H3,(H,29,32). The van der Waals surface area contributed by atoms with E-state index in [0.717, 1.165) is 16.7 Å². The predicted octanol–water partition coefficient (Wildman–Crippen LogP) is 3.73. The van der Waals surface area contributed by atoms with Gasteiger partial charge in [-0.05, 0) is 42.7 Å². The van der Waals surface area contributed by atoms with Crippen LogP contribution in [0, 0.1) is 0 Å². The van der Waals surface area contributed by atoms with E-state index in [4.69, 9.17) is 4.74 Å². The lowest BCUT2D eigenvalue weighted by Crippen LogP contribution is -2.62. The van der Waals surface area contributed by atoms with Crippen LogP contribution in [0.5, 0.6) is 0 Å². The zero-order valence-electron chi connectivity index (χ0n) is 19.0. The van der Waals surface area contributed by atoms with Crippen LogP contribution < -0.4 is 5.32 Å². The SMILES string of the molecule is CC(C)NC(=O)C1(Cc2ccccc2-c2ccccc2)CN(C(=O)c2ccccn2)CCO1. The molecule has 4 rings (SSSR count). The van der Waals surface area contributed by atoms with E-state index in [0.29, 0.717) is 18.7 Å². The first kappa shape index (κ1) is 22.7. The van der Waals surface area contributed by atoms with Crippen LogP contribution in [0.15, 0.2) is 79.0 Å². The van der Waals surface area contributed by atoms with Crippen LogP contribution in [0.2, 0.25) is 0 Å². The summed E-state index contributed by atoms with van der Waals surface area (Å²) in [4.78, 5) is 32.5. The molecule has 1 fully saturated rings. The summed E-state index contributed by atoms with van der Waals surface area (Å²) in [5, 5.41) is 3.01. The molecule has 0 spiro atoms. The summed E-state index contributed by atoms with van der Waals surface area (Å²) >= 11 is 0. The quantitative estimate of drug-likeness (QED) is 0.630. The Bertz CT molecular complexity index is 1100. The Morgan fingerprint density at radius 3 is 2.48 bits per heavy atom. The monoisotopic (exact) mass is 443 g/mol. The molecular weight excluding hydrogens is 414 g/mol. The molecule has 1 aliphatic rings. The average molecular weight is 444 g/mol. The zero-order valence-corrected chi connectivity index (χ0v) is 19.0. The molecule has 2 heterocycles. The zero-order chi connectivity index (χ0) is 23.3. The molecule has 0 radical (unpaired) electrons. The number of ether oxygens (including phenoxy) is 1. The summed E-state index contributed by atoms with van der Waals surface area (Å²) in [6.07, 6.45) is 1.95. The Labute approximate surface area is 194 Å². The Balaban J connectivity index is 1.69. The van der Waals surface area contributed by atoms with E-state index < -0.39 is 5.60 Å². The van der Waals surface area contributed by atoms with Crippen molar-refractivity contribution in [3.63, 3.8) is 0 Å². The minimum Gasteiger partial charge on any atom is -0.361 e. The Hall–Kier alpha value is -3.51. The van der Waals surface area contributed by atoms with Gasteiger partial charge in [-0.1, -0.05) is 60.7 Å². The number of carbonyl (C=O) groups excluding carboxylic acids is 2. The molecule has 1 unspecified atom stereocenters. The fourth-order valence-electron chi connectivity index (χ4n) is 4.21. The molecule has 6 nitrogen and oxygen atoms in total. The van der Waals surface area contributed by atoms with E-state index in [-0.39, 0.29) is 31.0 Å². The third-order valence-corrected chi connectivity index (χ3v) is 5.77. The lowest BCUT2D eigenvalue weighted by atomic mass is 9.87. The van der Waals surface area contributed by atoms with E-state index >= 15 is 0 Å². The second-order valence-corrected chi connectivity index (χ2v) is 8.61. The van der Waals surface area contributed by atoms with Crippen LogP contribution >= 0.6 is 0 Å². The van der Waals surface area contributed by atoms with Crippen molar-refractivity contribution in [2.24, 2.45) is 0 Å². The number of morpholine rings is 1. The van der Waals surface area contributed by atoms with Gasteiger partial charge in [0.15, 0.2) is 5.60 Å². The third kappa shape index (κ3) is 5.12. The second-order valence-electron chi connectivity index (χ2n) is 8.61. The molecule has 1 N–H and O–H groups in total. The van der Waals surface area contributed by atoms with Crippen molar-refractivity contribution in [1.29, 1.82) is 0 Å². The van der Waals surface area contributed by atoms with Crippen LogP contribution in [0.3, 0.4) is 0 Å². The molecule has 2 aromatic carbocycles. The molecule has 0 aliphatic carbocycles. The van der Waals surface area contributed by atoms with Crippen LogP contribution in [-0.4, -0.2) is 53.0 Å². The maximum absolute atomic E-state index is 13.5. The van der Waals surface area contributed by atoms with Gasteiger partial charge in [-0.25, -0.2) is 0 Å². The topological polar surface area (TPSA) is 71.5 Å². The smallest absolute Gasteiger partial charge is 0.272 e. The second kappa shape index (κ2) is 9.96. The number of hydrogen-bond donors (Lipinski definition) is 1. The maximum Gasteiger partial charge on any atom is 0.272 e. The lowest BCUT2D eigenvalue weighted by Gasteiger charge is -2.42. The van der Waals surface area contributed by atoms with Gasteiger partial charge in [-0.15, -0.1) is 0 Å². The molecule has 1 atom stereocenters. The minimum absolute atomic E-state index is 0.0517. The number of nitrogens with one attached hydrogen (secondary N) is 1. The van der Waals surface area contributed by atoms with Gasteiger partial charge in [-0.2, -0.15) is 0 Å². The molecule has 2 amide bonds. The highest BCUT2D eigenvalue weighted by Gasteiger charge is 2.45. The number of pyridine rings is 1. The van der Waals surface area contributed by atoms with Crippen molar-refractivity contribution < 1.29 is 14.3 Å². The predicted molar refractivity (Wildman–Crippen MR) is 128 cm³/mol. The average Bonchev–Trinajstić information content (AvgIpc) is 2.85. The molecule has 0 bridgehead atoms. The van der Waals surface area contributed by atoms with Crippen molar-refractivity contribution in [3.05, 3.63) is 90.3 Å². The molecule has 1 aliphatic heterocycles. The summed E-state index contributed by atoms with van der Waals surface area (Å²) in [7, 11) is 0. The van der Waals surface area contributed by atoms with Gasteiger partial charge < -0.3 is 15.0 Å². The number of amides is 2. The van der Waals surface area contributed by atoms with Crippen LogP contribution in [0.25, 0.3) is 11.1 Å². The largest absolute Gasteiger partial charge is 0.361 e. The Kier molecular flexibility index (Phi) is 6.84. The van der Waals surface area contributed by atoms with E-state index in [2.05, 4.69) is 28.5 Å². The molecule has 3 aromatic rings. The molecule has 6 heteroatoms. The number of hydrogen-bond acceptors (Lipinski definition) is 4. The van der Waals surface area contributed by atoms with Gasteiger partial charge in [0.25, 0.3) is 11.8 Å². The summed E-state index contributed by atoms with van der Waals surface area (Å²) < 4.78 is 6.21. The first-order valence-corrected chi connectivity index (χ1v) is 11.3. The van der Waals surface area contributed by atoms with Gasteiger partial charge in [0, 0.05) is 25.2 Å². The molecule has 1 saturated heterocycles. The van der Waals surface area contributed by atoms with Crippen molar-refractivity contribution in [2.75, 3.05) is 19.7 Å². The van der Waals surface area contributed by atoms with Gasteiger partial charge in [0.2, 0.25) is 0 Å². The molecular formula is C27H29N3O3. The fourth-order valence-corrected chi connectivity index (χ4v) is 4.21. The maximum atomic E-state index is 13.5. The van der Waals surface area contributed by atoms with Gasteiger partial charge in [0.1, 0.15) is 5.69 Å². The first-order chi connectivity index (χ1) is 16.0. The van der Waals surface area contributed by atoms with Crippen molar-refractivity contribution in [2.45, 2.75) is 31.9 Å². The number of aromatic nitrogens is 1. The lowest BCUT2D eigenvalue weighted by molar-refractivity contribution is -0.157. The summed E-state index contributed by atoms with van der Waals surface area (Å²) in [5.74, 6) is -0.407. The van der Waals surface area contributed by atoms with Crippen molar-refractivity contribution in [1.82, 2.24) is 15.2 Å². The Morgan fingerprint density at radius 2 is 1.76 bits per heavy atom. The molecule has 1 aromatic heterocycles. The molecule has 33 heavy (non-hydrogen) atoms. The highest BCUT2D eigenvalue weighted by molar-refractivity contribution is 5.94. The van der Waals surface area contributed by atoms with E-state index in [1.807, 2.05) is 50.2 Å². The van der Waals surface area contributed by atoms with Crippen LogP contribution in [0.4, 0.5) is 0 Å². The molecule has 170 valence electrons. The molecule has 0 saturated carbocycles. The van der Waals surface area contributed by atoms with Crippen molar-refractivity contribution in [3.8, 4) is 11.1 Å². The van der Waals surface area contributed by atoms with E-state index in [1.165, 1.54) is 0 Å². The third-order valence-electron chi connectivity index (χ3n) is 5.77. The minimum atomic E-state index is -1.20. The van der Waals surface area contributed by atoms with Gasteiger partial charge >= 0.3 is 0 Å². The van der Waals surface area contributed by atoms with Gasteiger partial charge in [-0.3, -0.25) is 14.6 Å². The summed E-state index contributed by atoms with van der Waals surface area (Å²) in [6.45, 7) is 4.68. The number of rotatable bonds is 6. The fraction of sp³-hybridized carbons (Fsp3) is 0.296. The summed E-state index contributed by atoms with van der Waals surface area (Å²) in [5.41, 5.74) is 2.28. The highest BCUT2D eigenvalue weighted by atomic mass is 16.5. The highest BCUT2D eigenvalue weighted by Crippen LogP contribution is 2.31. The Morgan fingerprint density at radius 1 is 1.03 bits per heavy atom. The van der Waals surface area contributed by atoms with Crippen LogP contribution in [-0.2, 0) is 16.0 Å². The number of benzene rings is 2. The van der Waals surface area contributed by atoms with Gasteiger partial charge in [0.05, 0.1) is 13.2 Å². The summed E-state index contributed by atoms with van der Waals surface area (Å²) in [6, 6.07) is 23.3. The van der Waals surface area contributed by atoms with E-state index in [9.17, 15) is 9.59 Å². The first-order valence-electron chi connectivity index (χ1n) is 11.3. The van der Waals surface area contributed by atoms with Crippen LogP contribution in [0.1, 0.15) is 29.9 Å². The van der Waals surface area contributed by atoms with E-state index in [1.54, 1.807) is 29.3 Å². The number of nitrogens with zero attached hydrogens (tertiary/aromatic N) is 2. The van der Waals surface area contributed by atoms with Crippen molar-refractivity contribution >= 4 is 11.8 Å².